The summed E-state index contributed by atoms with van der Waals surface area (Å²) >= 11 is 12.5. The SMILES string of the molecule is CCCNCc1c(Cl)ccc(S(=O)(=O)N(CC)CC)c1Cl. The Hall–Kier alpha value is -0.330. The topological polar surface area (TPSA) is 49.4 Å². The summed E-state index contributed by atoms with van der Waals surface area (Å²) in [6.07, 6.45) is 0.979. The van der Waals surface area contributed by atoms with E-state index < -0.39 is 10.0 Å². The van der Waals surface area contributed by atoms with Crippen LogP contribution >= 0.6 is 23.2 Å². The van der Waals surface area contributed by atoms with Gasteiger partial charge in [-0.15, -0.1) is 0 Å². The third kappa shape index (κ3) is 4.33. The van der Waals surface area contributed by atoms with Crippen LogP contribution in [0.4, 0.5) is 0 Å². The molecule has 1 N–H and O–H groups in total. The number of hydrogen-bond donors (Lipinski definition) is 1. The van der Waals surface area contributed by atoms with Gasteiger partial charge in [0, 0.05) is 30.2 Å². The predicted molar refractivity (Wildman–Crippen MR) is 88.6 cm³/mol. The number of nitrogens with one attached hydrogen (secondary N) is 1. The van der Waals surface area contributed by atoms with E-state index in [9.17, 15) is 8.42 Å². The van der Waals surface area contributed by atoms with Crippen LogP contribution in [-0.4, -0.2) is 32.4 Å². The molecule has 0 aromatic heterocycles. The van der Waals surface area contributed by atoms with Crippen LogP contribution in [0.1, 0.15) is 32.8 Å². The fourth-order valence-corrected chi connectivity index (χ4v) is 4.37. The smallest absolute Gasteiger partial charge is 0.244 e. The second kappa shape index (κ2) is 8.34. The van der Waals surface area contributed by atoms with E-state index in [1.165, 1.54) is 10.4 Å². The van der Waals surface area contributed by atoms with Crippen molar-refractivity contribution in [3.63, 3.8) is 0 Å². The molecule has 7 heteroatoms. The highest BCUT2D eigenvalue weighted by Gasteiger charge is 2.26. The van der Waals surface area contributed by atoms with Gasteiger partial charge < -0.3 is 5.32 Å². The number of benzene rings is 1. The maximum absolute atomic E-state index is 12.6. The quantitative estimate of drug-likeness (QED) is 0.728. The Morgan fingerprint density at radius 2 is 1.76 bits per heavy atom. The molecule has 1 aromatic carbocycles. The number of halogens is 2. The molecule has 1 rings (SSSR count). The van der Waals surface area contributed by atoms with E-state index >= 15 is 0 Å². The highest BCUT2D eigenvalue weighted by Crippen LogP contribution is 2.32. The van der Waals surface area contributed by atoms with Gasteiger partial charge in [0.05, 0.1) is 5.02 Å². The minimum absolute atomic E-state index is 0.116. The van der Waals surface area contributed by atoms with Crippen molar-refractivity contribution < 1.29 is 8.42 Å². The van der Waals surface area contributed by atoms with Gasteiger partial charge >= 0.3 is 0 Å². The highest BCUT2D eigenvalue weighted by atomic mass is 35.5. The van der Waals surface area contributed by atoms with Gasteiger partial charge in [0.15, 0.2) is 0 Å². The molecule has 0 radical (unpaired) electrons. The lowest BCUT2D eigenvalue weighted by atomic mass is 10.2. The van der Waals surface area contributed by atoms with Crippen molar-refractivity contribution in [1.82, 2.24) is 9.62 Å². The van der Waals surface area contributed by atoms with Gasteiger partial charge in [-0.2, -0.15) is 4.31 Å². The van der Waals surface area contributed by atoms with Crippen molar-refractivity contribution in [1.29, 1.82) is 0 Å². The summed E-state index contributed by atoms with van der Waals surface area (Å²) in [5.74, 6) is 0. The molecule has 0 fully saturated rings. The first-order chi connectivity index (χ1) is 9.89. The number of rotatable bonds is 8. The summed E-state index contributed by atoms with van der Waals surface area (Å²) < 4.78 is 26.6. The van der Waals surface area contributed by atoms with E-state index in [2.05, 4.69) is 12.2 Å². The highest BCUT2D eigenvalue weighted by molar-refractivity contribution is 7.89. The van der Waals surface area contributed by atoms with E-state index in [1.54, 1.807) is 19.9 Å². The Kier molecular flexibility index (Phi) is 7.44. The predicted octanol–water partition coefficient (Wildman–Crippen LogP) is 3.52. The molecule has 0 spiro atoms. The van der Waals surface area contributed by atoms with Crippen molar-refractivity contribution in [2.24, 2.45) is 0 Å². The lowest BCUT2D eigenvalue weighted by molar-refractivity contribution is 0.445. The molecular weight excluding hydrogens is 331 g/mol. The zero-order valence-electron chi connectivity index (χ0n) is 12.6. The molecule has 1 aromatic rings. The first-order valence-electron chi connectivity index (χ1n) is 7.07. The fourth-order valence-electron chi connectivity index (χ4n) is 2.03. The molecular formula is C14H22Cl2N2O2S. The van der Waals surface area contributed by atoms with Crippen LogP contribution in [-0.2, 0) is 16.6 Å². The minimum atomic E-state index is -3.59. The molecule has 0 saturated carbocycles. The van der Waals surface area contributed by atoms with Gasteiger partial charge in [-0.3, -0.25) is 0 Å². The van der Waals surface area contributed by atoms with Crippen LogP contribution < -0.4 is 5.32 Å². The fraction of sp³-hybridized carbons (Fsp3) is 0.571. The molecule has 21 heavy (non-hydrogen) atoms. The third-order valence-corrected chi connectivity index (χ3v) is 6.19. The number of hydrogen-bond acceptors (Lipinski definition) is 3. The molecule has 4 nitrogen and oxygen atoms in total. The molecule has 0 aliphatic carbocycles. The van der Waals surface area contributed by atoms with Gasteiger partial charge in [0.2, 0.25) is 10.0 Å². The van der Waals surface area contributed by atoms with Gasteiger partial charge in [-0.05, 0) is 25.1 Å². The molecule has 0 amide bonds. The molecule has 0 unspecified atom stereocenters. The summed E-state index contributed by atoms with van der Waals surface area (Å²) in [4.78, 5) is 0.116. The third-order valence-electron chi connectivity index (χ3n) is 3.20. The summed E-state index contributed by atoms with van der Waals surface area (Å²) in [5, 5.41) is 3.87. The molecule has 0 bridgehead atoms. The Balaban J connectivity index is 3.23. The van der Waals surface area contributed by atoms with E-state index in [0.717, 1.165) is 13.0 Å². The summed E-state index contributed by atoms with van der Waals surface area (Å²) in [6.45, 7) is 7.73. The van der Waals surface area contributed by atoms with Crippen molar-refractivity contribution >= 4 is 33.2 Å². The first kappa shape index (κ1) is 18.7. The normalized spacial score (nSPS) is 12.1. The molecule has 0 aliphatic heterocycles. The summed E-state index contributed by atoms with van der Waals surface area (Å²) in [6, 6.07) is 3.06. The average molecular weight is 353 g/mol. The number of sulfonamides is 1. The second-order valence-electron chi connectivity index (χ2n) is 4.60. The molecule has 0 heterocycles. The Bertz CT molecular complexity index is 573. The molecule has 0 aliphatic rings. The monoisotopic (exact) mass is 352 g/mol. The van der Waals surface area contributed by atoms with Crippen molar-refractivity contribution in [2.45, 2.75) is 38.6 Å². The van der Waals surface area contributed by atoms with E-state index in [4.69, 9.17) is 23.2 Å². The zero-order valence-corrected chi connectivity index (χ0v) is 14.9. The van der Waals surface area contributed by atoms with Gasteiger partial charge in [0.1, 0.15) is 4.90 Å². The van der Waals surface area contributed by atoms with Crippen LogP contribution in [0.15, 0.2) is 17.0 Å². The first-order valence-corrected chi connectivity index (χ1v) is 9.27. The Labute approximate surface area is 137 Å². The second-order valence-corrected chi connectivity index (χ2v) is 7.30. The average Bonchev–Trinajstić information content (AvgIpc) is 2.43. The molecule has 0 atom stereocenters. The van der Waals surface area contributed by atoms with Crippen LogP contribution in [0.3, 0.4) is 0 Å². The zero-order chi connectivity index (χ0) is 16.0. The van der Waals surface area contributed by atoms with Crippen LogP contribution in [0.25, 0.3) is 0 Å². The standard InChI is InChI=1S/C14H22Cl2N2O2S/c1-4-9-17-10-11-12(15)7-8-13(14(11)16)21(19,20)18(5-2)6-3/h7-8,17H,4-6,9-10H2,1-3H3. The molecule has 120 valence electrons. The largest absolute Gasteiger partial charge is 0.313 e. The van der Waals surface area contributed by atoms with Crippen LogP contribution in [0, 0.1) is 0 Å². The van der Waals surface area contributed by atoms with Crippen molar-refractivity contribution in [2.75, 3.05) is 19.6 Å². The summed E-state index contributed by atoms with van der Waals surface area (Å²) in [7, 11) is -3.59. The van der Waals surface area contributed by atoms with Crippen LogP contribution in [0.2, 0.25) is 10.0 Å². The Morgan fingerprint density at radius 1 is 1.14 bits per heavy atom. The lowest BCUT2D eigenvalue weighted by Crippen LogP contribution is -2.31. The van der Waals surface area contributed by atoms with E-state index in [0.29, 0.717) is 30.2 Å². The number of nitrogens with zero attached hydrogens (tertiary/aromatic N) is 1. The van der Waals surface area contributed by atoms with E-state index in [-0.39, 0.29) is 9.92 Å². The maximum Gasteiger partial charge on any atom is 0.244 e. The van der Waals surface area contributed by atoms with Crippen LogP contribution in [0.5, 0.6) is 0 Å². The van der Waals surface area contributed by atoms with Gasteiger partial charge in [-0.1, -0.05) is 44.0 Å². The van der Waals surface area contributed by atoms with Crippen molar-refractivity contribution in [3.8, 4) is 0 Å². The maximum atomic E-state index is 12.6. The summed E-state index contributed by atoms with van der Waals surface area (Å²) in [5.41, 5.74) is 0.625. The molecule has 0 saturated heterocycles. The van der Waals surface area contributed by atoms with Crippen molar-refractivity contribution in [3.05, 3.63) is 27.7 Å². The van der Waals surface area contributed by atoms with Gasteiger partial charge in [-0.25, -0.2) is 8.42 Å². The Morgan fingerprint density at radius 3 is 2.29 bits per heavy atom. The van der Waals surface area contributed by atoms with E-state index in [1.807, 2.05) is 0 Å². The van der Waals surface area contributed by atoms with Gasteiger partial charge in [0.25, 0.3) is 0 Å². The minimum Gasteiger partial charge on any atom is -0.313 e. The lowest BCUT2D eigenvalue weighted by Gasteiger charge is -2.20.